The number of amides is 1. The second kappa shape index (κ2) is 10.6. The van der Waals surface area contributed by atoms with Gasteiger partial charge in [0.1, 0.15) is 5.75 Å². The molecule has 0 aromatic heterocycles. The molecular weight excluding hydrogens is 364 g/mol. The van der Waals surface area contributed by atoms with Crippen LogP contribution in [0.3, 0.4) is 0 Å². The Morgan fingerprint density at radius 2 is 1.55 bits per heavy atom. The van der Waals surface area contributed by atoms with Gasteiger partial charge in [0.25, 0.3) is 0 Å². The van der Waals surface area contributed by atoms with E-state index >= 15 is 0 Å². The minimum absolute atomic E-state index is 0.0404. The Morgan fingerprint density at radius 1 is 0.897 bits per heavy atom. The maximum absolute atomic E-state index is 12.2. The van der Waals surface area contributed by atoms with Crippen molar-refractivity contribution in [2.45, 2.75) is 57.4 Å². The maximum Gasteiger partial charge on any atom is 0.224 e. The van der Waals surface area contributed by atoms with Gasteiger partial charge >= 0.3 is 0 Å². The number of ketones is 1. The molecule has 0 unspecified atom stereocenters. The monoisotopic (exact) mass is 394 g/mol. The lowest BCUT2D eigenvalue weighted by Gasteiger charge is -2.23. The summed E-state index contributed by atoms with van der Waals surface area (Å²) < 4.78 is 5.10. The Hall–Kier alpha value is -2.82. The van der Waals surface area contributed by atoms with Crippen LogP contribution in [0.15, 0.2) is 48.5 Å². The van der Waals surface area contributed by atoms with Crippen molar-refractivity contribution in [2.24, 2.45) is 0 Å². The van der Waals surface area contributed by atoms with Crippen molar-refractivity contribution in [2.75, 3.05) is 17.7 Å². The largest absolute Gasteiger partial charge is 0.497 e. The molecule has 0 aliphatic heterocycles. The molecular formula is C24H30N2O3. The third-order valence-electron chi connectivity index (χ3n) is 5.36. The van der Waals surface area contributed by atoms with Crippen LogP contribution in [0, 0.1) is 0 Å². The van der Waals surface area contributed by atoms with Crippen LogP contribution < -0.4 is 15.4 Å². The topological polar surface area (TPSA) is 67.4 Å². The average molecular weight is 395 g/mol. The van der Waals surface area contributed by atoms with Crippen LogP contribution in [-0.4, -0.2) is 24.8 Å². The lowest BCUT2D eigenvalue weighted by Crippen LogP contribution is -2.22. The fourth-order valence-corrected chi connectivity index (χ4v) is 3.69. The van der Waals surface area contributed by atoms with E-state index in [9.17, 15) is 9.59 Å². The van der Waals surface area contributed by atoms with Crippen LogP contribution in [0.5, 0.6) is 5.75 Å². The number of Topliss-reactive ketones (excluding diaryl/α,β-unsaturated/α-hetero) is 1. The van der Waals surface area contributed by atoms with Crippen molar-refractivity contribution < 1.29 is 14.3 Å². The molecule has 2 aromatic carbocycles. The fraction of sp³-hybridized carbons (Fsp3) is 0.417. The Morgan fingerprint density at radius 3 is 2.21 bits per heavy atom. The molecule has 0 atom stereocenters. The molecule has 1 saturated carbocycles. The summed E-state index contributed by atoms with van der Waals surface area (Å²) in [4.78, 5) is 24.4. The van der Waals surface area contributed by atoms with Crippen molar-refractivity contribution in [1.82, 2.24) is 0 Å². The van der Waals surface area contributed by atoms with E-state index in [4.69, 9.17) is 4.74 Å². The summed E-state index contributed by atoms with van der Waals surface area (Å²) in [5, 5.41) is 6.48. The van der Waals surface area contributed by atoms with E-state index in [0.29, 0.717) is 30.9 Å². The molecule has 5 nitrogen and oxygen atoms in total. The van der Waals surface area contributed by atoms with Crippen LogP contribution in [-0.2, 0) is 4.79 Å². The van der Waals surface area contributed by atoms with Crippen molar-refractivity contribution in [3.8, 4) is 5.75 Å². The number of methoxy groups -OCH3 is 1. The molecule has 5 heteroatoms. The lowest BCUT2D eigenvalue weighted by atomic mass is 9.95. The van der Waals surface area contributed by atoms with Gasteiger partial charge in [-0.15, -0.1) is 0 Å². The molecule has 1 aliphatic carbocycles. The summed E-state index contributed by atoms with van der Waals surface area (Å²) in [6.07, 6.45) is 7.60. The predicted molar refractivity (Wildman–Crippen MR) is 117 cm³/mol. The normalized spacial score (nSPS) is 14.2. The molecule has 2 aromatic rings. The number of ether oxygens (including phenoxy) is 1. The molecule has 0 bridgehead atoms. The van der Waals surface area contributed by atoms with Gasteiger partial charge in [0, 0.05) is 35.8 Å². The van der Waals surface area contributed by atoms with Crippen LogP contribution in [0.2, 0.25) is 0 Å². The van der Waals surface area contributed by atoms with Crippen LogP contribution in [0.25, 0.3) is 0 Å². The van der Waals surface area contributed by atoms with Gasteiger partial charge in [-0.25, -0.2) is 0 Å². The highest BCUT2D eigenvalue weighted by Gasteiger charge is 2.13. The summed E-state index contributed by atoms with van der Waals surface area (Å²) >= 11 is 0. The molecule has 1 fully saturated rings. The first kappa shape index (κ1) is 20.9. The van der Waals surface area contributed by atoms with E-state index in [2.05, 4.69) is 10.6 Å². The maximum atomic E-state index is 12.2. The van der Waals surface area contributed by atoms with E-state index in [-0.39, 0.29) is 11.7 Å². The zero-order chi connectivity index (χ0) is 20.5. The van der Waals surface area contributed by atoms with Crippen LogP contribution in [0.4, 0.5) is 11.4 Å². The quantitative estimate of drug-likeness (QED) is 0.556. The van der Waals surface area contributed by atoms with Gasteiger partial charge < -0.3 is 15.4 Å². The second-order valence-electron chi connectivity index (χ2n) is 7.61. The zero-order valence-electron chi connectivity index (χ0n) is 17.1. The molecule has 29 heavy (non-hydrogen) atoms. The molecule has 0 heterocycles. The van der Waals surface area contributed by atoms with Gasteiger partial charge in [0.15, 0.2) is 5.78 Å². The first-order chi connectivity index (χ1) is 14.1. The summed E-state index contributed by atoms with van der Waals surface area (Å²) in [5.74, 6) is 0.694. The number of rotatable bonds is 9. The predicted octanol–water partition coefficient (Wildman–Crippen LogP) is 5.43. The van der Waals surface area contributed by atoms with Crippen molar-refractivity contribution in [3.63, 3.8) is 0 Å². The molecule has 3 rings (SSSR count). The summed E-state index contributed by atoms with van der Waals surface area (Å²) in [7, 11) is 1.59. The van der Waals surface area contributed by atoms with E-state index in [1.54, 1.807) is 31.4 Å². The van der Waals surface area contributed by atoms with Gasteiger partial charge in [0.05, 0.1) is 7.11 Å². The lowest BCUT2D eigenvalue weighted by molar-refractivity contribution is -0.116. The van der Waals surface area contributed by atoms with E-state index < -0.39 is 0 Å². The van der Waals surface area contributed by atoms with Gasteiger partial charge in [-0.05, 0) is 67.8 Å². The highest BCUT2D eigenvalue weighted by Crippen LogP contribution is 2.22. The number of nitrogens with one attached hydrogen (secondary N) is 2. The third-order valence-corrected chi connectivity index (χ3v) is 5.36. The number of hydrogen-bond donors (Lipinski definition) is 2. The SMILES string of the molecule is COc1ccc(C(=O)CCCC(=O)Nc2ccc(NC3CCCCC3)cc2)cc1. The second-order valence-corrected chi connectivity index (χ2v) is 7.61. The molecule has 0 spiro atoms. The van der Waals surface area contributed by atoms with Gasteiger partial charge in [0.2, 0.25) is 5.91 Å². The van der Waals surface area contributed by atoms with Gasteiger partial charge in [-0.1, -0.05) is 19.3 Å². The Bertz CT molecular complexity index is 794. The van der Waals surface area contributed by atoms with Crippen LogP contribution in [0.1, 0.15) is 61.7 Å². The number of benzene rings is 2. The summed E-state index contributed by atoms with van der Waals surface area (Å²) in [5.41, 5.74) is 2.53. The molecule has 1 aliphatic rings. The fourth-order valence-electron chi connectivity index (χ4n) is 3.69. The summed E-state index contributed by atoms with van der Waals surface area (Å²) in [6, 6.07) is 15.5. The standard InChI is InChI=1S/C24H30N2O3/c1-29-22-16-10-18(11-17-22)23(27)8-5-9-24(28)26-21-14-12-20(13-15-21)25-19-6-3-2-4-7-19/h10-17,19,25H,2-9H2,1H3,(H,26,28). The minimum Gasteiger partial charge on any atom is -0.497 e. The Kier molecular flexibility index (Phi) is 7.68. The molecule has 2 N–H and O–H groups in total. The van der Waals surface area contributed by atoms with E-state index in [1.807, 2.05) is 24.3 Å². The molecule has 0 radical (unpaired) electrons. The Labute approximate surface area is 172 Å². The number of carbonyl (C=O) groups excluding carboxylic acids is 2. The third kappa shape index (κ3) is 6.63. The first-order valence-electron chi connectivity index (χ1n) is 10.5. The van der Waals surface area contributed by atoms with Crippen LogP contribution >= 0.6 is 0 Å². The number of anilines is 2. The van der Waals surface area contributed by atoms with Gasteiger partial charge in [-0.3, -0.25) is 9.59 Å². The molecule has 154 valence electrons. The smallest absolute Gasteiger partial charge is 0.224 e. The highest BCUT2D eigenvalue weighted by molar-refractivity contribution is 5.97. The van der Waals surface area contributed by atoms with Crippen molar-refractivity contribution >= 4 is 23.1 Å². The van der Waals surface area contributed by atoms with Gasteiger partial charge in [-0.2, -0.15) is 0 Å². The summed E-state index contributed by atoms with van der Waals surface area (Å²) in [6.45, 7) is 0. The zero-order valence-corrected chi connectivity index (χ0v) is 17.1. The van der Waals surface area contributed by atoms with E-state index in [0.717, 1.165) is 17.1 Å². The molecule has 1 amide bonds. The van der Waals surface area contributed by atoms with Crippen molar-refractivity contribution in [1.29, 1.82) is 0 Å². The van der Waals surface area contributed by atoms with Crippen molar-refractivity contribution in [3.05, 3.63) is 54.1 Å². The molecule has 0 saturated heterocycles. The Balaban J connectivity index is 1.39. The first-order valence-corrected chi connectivity index (χ1v) is 10.5. The highest BCUT2D eigenvalue weighted by atomic mass is 16.5. The van der Waals surface area contributed by atoms with E-state index in [1.165, 1.54) is 32.1 Å². The number of carbonyl (C=O) groups is 2. The number of hydrogen-bond acceptors (Lipinski definition) is 4. The average Bonchev–Trinajstić information content (AvgIpc) is 2.76. The minimum atomic E-state index is -0.0690.